The van der Waals surface area contributed by atoms with Crippen LogP contribution in [-0.2, 0) is 4.74 Å². The minimum absolute atomic E-state index is 0.0829. The Kier molecular flexibility index (Phi) is 7.30. The number of nitrogens with one attached hydrogen (secondary N) is 2. The van der Waals surface area contributed by atoms with Crippen molar-refractivity contribution in [3.63, 3.8) is 0 Å². The van der Waals surface area contributed by atoms with Gasteiger partial charge in [-0.15, -0.1) is 0 Å². The largest absolute Gasteiger partial charge is 0.493 e. The van der Waals surface area contributed by atoms with Crippen molar-refractivity contribution >= 4 is 17.6 Å². The van der Waals surface area contributed by atoms with Crippen molar-refractivity contribution in [3.8, 4) is 11.5 Å². The summed E-state index contributed by atoms with van der Waals surface area (Å²) in [7, 11) is 3.09. The van der Waals surface area contributed by atoms with Crippen molar-refractivity contribution < 1.29 is 19.0 Å². The molecule has 2 aromatic rings. The summed E-state index contributed by atoms with van der Waals surface area (Å²) in [4.78, 5) is 17.5. The van der Waals surface area contributed by atoms with Crippen molar-refractivity contribution in [2.24, 2.45) is 4.99 Å². The quantitative estimate of drug-likeness (QED) is 0.560. The number of carbonyl (C=O) groups is 1. The van der Waals surface area contributed by atoms with E-state index in [1.165, 1.54) is 12.7 Å². The molecule has 1 aliphatic rings. The number of hydrogen-bond donors (Lipinski definition) is 2. The molecular formula is C23H29N3O4. The van der Waals surface area contributed by atoms with Gasteiger partial charge in [0.15, 0.2) is 11.5 Å². The molecule has 1 atom stereocenters. The fourth-order valence-electron chi connectivity index (χ4n) is 3.20. The van der Waals surface area contributed by atoms with E-state index in [1.54, 1.807) is 25.3 Å². The molecule has 2 N–H and O–H groups in total. The van der Waals surface area contributed by atoms with Gasteiger partial charge in [-0.05, 0) is 68.1 Å². The zero-order valence-electron chi connectivity index (χ0n) is 18.0. The van der Waals surface area contributed by atoms with Crippen LogP contribution in [-0.4, -0.2) is 45.3 Å². The van der Waals surface area contributed by atoms with E-state index in [0.717, 1.165) is 30.7 Å². The van der Waals surface area contributed by atoms with Crippen molar-refractivity contribution in [1.29, 1.82) is 0 Å². The second-order valence-corrected chi connectivity index (χ2v) is 7.27. The van der Waals surface area contributed by atoms with Gasteiger partial charge in [-0.3, -0.25) is 10.1 Å². The standard InChI is InChI=1S/C23H29N3O4/c1-15-7-9-18(12-16(15)2)25-23(24-14-19-6-5-11-30-19)26-22(27)17-8-10-20(28-3)21(13-17)29-4/h7-10,12-13,19H,5-6,11,14H2,1-4H3,(H2,24,25,26,27)/t19-/m1/s1. The molecule has 1 aliphatic heterocycles. The van der Waals surface area contributed by atoms with E-state index in [4.69, 9.17) is 14.2 Å². The minimum atomic E-state index is -0.293. The first kappa shape index (κ1) is 21.6. The van der Waals surface area contributed by atoms with E-state index in [0.29, 0.717) is 29.6 Å². The van der Waals surface area contributed by atoms with Gasteiger partial charge in [-0.25, -0.2) is 4.99 Å². The van der Waals surface area contributed by atoms with Gasteiger partial charge in [0, 0.05) is 17.9 Å². The summed E-state index contributed by atoms with van der Waals surface area (Å²) < 4.78 is 16.2. The molecule has 7 heteroatoms. The van der Waals surface area contributed by atoms with Crippen LogP contribution in [0, 0.1) is 13.8 Å². The molecule has 1 amide bonds. The lowest BCUT2D eigenvalue weighted by Crippen LogP contribution is -2.36. The third kappa shape index (κ3) is 5.51. The van der Waals surface area contributed by atoms with Crippen molar-refractivity contribution in [1.82, 2.24) is 5.32 Å². The number of carbonyl (C=O) groups excluding carboxylic acids is 1. The molecule has 3 rings (SSSR count). The maximum absolute atomic E-state index is 12.9. The summed E-state index contributed by atoms with van der Waals surface area (Å²) in [5.74, 6) is 1.15. The molecule has 0 unspecified atom stereocenters. The zero-order valence-corrected chi connectivity index (χ0v) is 18.0. The van der Waals surface area contributed by atoms with Crippen molar-refractivity contribution in [3.05, 3.63) is 53.1 Å². The Morgan fingerprint density at radius 1 is 1.10 bits per heavy atom. The average Bonchev–Trinajstić information content (AvgIpc) is 3.27. The molecule has 0 spiro atoms. The third-order valence-corrected chi connectivity index (χ3v) is 5.12. The molecule has 0 aliphatic carbocycles. The second kappa shape index (κ2) is 10.1. The van der Waals surface area contributed by atoms with Gasteiger partial charge in [0.1, 0.15) is 0 Å². The summed E-state index contributed by atoms with van der Waals surface area (Å²) in [6.45, 7) is 5.35. The van der Waals surface area contributed by atoms with Crippen LogP contribution >= 0.6 is 0 Å². The lowest BCUT2D eigenvalue weighted by molar-refractivity contribution is 0.0975. The molecule has 1 fully saturated rings. The number of ether oxygens (including phenoxy) is 3. The van der Waals surface area contributed by atoms with Gasteiger partial charge in [0.05, 0.1) is 26.9 Å². The molecule has 0 aromatic heterocycles. The molecule has 0 saturated carbocycles. The second-order valence-electron chi connectivity index (χ2n) is 7.27. The number of nitrogens with zero attached hydrogens (tertiary/aromatic N) is 1. The Hall–Kier alpha value is -3.06. The van der Waals surface area contributed by atoms with E-state index in [9.17, 15) is 4.79 Å². The molecular weight excluding hydrogens is 382 g/mol. The average molecular weight is 412 g/mol. The van der Waals surface area contributed by atoms with Crippen LogP contribution in [0.2, 0.25) is 0 Å². The molecule has 7 nitrogen and oxygen atoms in total. The van der Waals surface area contributed by atoms with Crippen LogP contribution < -0.4 is 20.1 Å². The lowest BCUT2D eigenvalue weighted by Gasteiger charge is -2.15. The van der Waals surface area contributed by atoms with Gasteiger partial charge in [-0.1, -0.05) is 6.07 Å². The number of anilines is 1. The van der Waals surface area contributed by atoms with Crippen LogP contribution in [0.25, 0.3) is 0 Å². The normalized spacial score (nSPS) is 16.3. The zero-order chi connectivity index (χ0) is 21.5. The van der Waals surface area contributed by atoms with Gasteiger partial charge in [0.2, 0.25) is 5.96 Å². The summed E-state index contributed by atoms with van der Waals surface area (Å²) in [6, 6.07) is 11.1. The number of guanidine groups is 1. The SMILES string of the molecule is COc1ccc(C(=O)NC(=NC[C@H]2CCCO2)Nc2ccc(C)c(C)c2)cc1OC. The molecule has 1 heterocycles. The van der Waals surface area contributed by atoms with Crippen LogP contribution in [0.5, 0.6) is 11.5 Å². The number of aryl methyl sites for hydroxylation is 2. The molecule has 30 heavy (non-hydrogen) atoms. The summed E-state index contributed by atoms with van der Waals surface area (Å²) in [6.07, 6.45) is 2.10. The number of aliphatic imine (C=N–C) groups is 1. The molecule has 0 bridgehead atoms. The Balaban J connectivity index is 1.79. The van der Waals surface area contributed by atoms with E-state index in [1.807, 2.05) is 25.1 Å². The molecule has 1 saturated heterocycles. The summed E-state index contributed by atoms with van der Waals surface area (Å²) in [5, 5.41) is 6.11. The molecule has 0 radical (unpaired) electrons. The fraction of sp³-hybridized carbons (Fsp3) is 0.391. The number of rotatable bonds is 6. The van der Waals surface area contributed by atoms with Crippen molar-refractivity contribution in [2.75, 3.05) is 32.7 Å². The lowest BCUT2D eigenvalue weighted by atomic mass is 10.1. The predicted octanol–water partition coefficient (Wildman–Crippen LogP) is 3.70. The smallest absolute Gasteiger partial charge is 0.258 e. The monoisotopic (exact) mass is 411 g/mol. The topological polar surface area (TPSA) is 81.2 Å². The highest BCUT2D eigenvalue weighted by atomic mass is 16.5. The third-order valence-electron chi connectivity index (χ3n) is 5.12. The molecule has 2 aromatic carbocycles. The van der Waals surface area contributed by atoms with Gasteiger partial charge < -0.3 is 19.5 Å². The van der Waals surface area contributed by atoms with Crippen LogP contribution in [0.15, 0.2) is 41.4 Å². The van der Waals surface area contributed by atoms with E-state index < -0.39 is 0 Å². The van der Waals surface area contributed by atoms with Crippen LogP contribution in [0.4, 0.5) is 5.69 Å². The first-order valence-corrected chi connectivity index (χ1v) is 10.0. The highest BCUT2D eigenvalue weighted by Crippen LogP contribution is 2.27. The maximum Gasteiger partial charge on any atom is 0.258 e. The van der Waals surface area contributed by atoms with Crippen LogP contribution in [0.3, 0.4) is 0 Å². The Labute approximate surface area is 177 Å². The highest BCUT2D eigenvalue weighted by molar-refractivity contribution is 6.10. The number of amides is 1. The first-order chi connectivity index (χ1) is 14.5. The Morgan fingerprint density at radius 2 is 1.90 bits per heavy atom. The summed E-state index contributed by atoms with van der Waals surface area (Å²) in [5.41, 5.74) is 3.66. The van der Waals surface area contributed by atoms with Crippen molar-refractivity contribution in [2.45, 2.75) is 32.8 Å². The van der Waals surface area contributed by atoms with Gasteiger partial charge >= 0.3 is 0 Å². The number of benzene rings is 2. The van der Waals surface area contributed by atoms with E-state index in [-0.39, 0.29) is 12.0 Å². The predicted molar refractivity (Wildman–Crippen MR) is 118 cm³/mol. The van der Waals surface area contributed by atoms with Gasteiger partial charge in [0.25, 0.3) is 5.91 Å². The summed E-state index contributed by atoms with van der Waals surface area (Å²) >= 11 is 0. The number of hydrogen-bond acceptors (Lipinski definition) is 5. The highest BCUT2D eigenvalue weighted by Gasteiger charge is 2.17. The van der Waals surface area contributed by atoms with Gasteiger partial charge in [-0.2, -0.15) is 0 Å². The van der Waals surface area contributed by atoms with Crippen LogP contribution in [0.1, 0.15) is 34.3 Å². The first-order valence-electron chi connectivity index (χ1n) is 10.0. The molecule has 160 valence electrons. The minimum Gasteiger partial charge on any atom is -0.493 e. The van der Waals surface area contributed by atoms with E-state index >= 15 is 0 Å². The fourth-order valence-corrected chi connectivity index (χ4v) is 3.20. The number of methoxy groups -OCH3 is 2. The van der Waals surface area contributed by atoms with E-state index in [2.05, 4.69) is 22.5 Å². The maximum atomic E-state index is 12.9. The Morgan fingerprint density at radius 3 is 2.57 bits per heavy atom. The Bertz CT molecular complexity index is 921.